The van der Waals surface area contributed by atoms with Crippen molar-refractivity contribution in [1.29, 1.82) is 0 Å². The number of likely N-dealkylation sites (tertiary alicyclic amines) is 1. The van der Waals surface area contributed by atoms with Crippen LogP contribution in [0.15, 0.2) is 54.7 Å². The minimum absolute atomic E-state index is 0.0531. The maximum absolute atomic E-state index is 15.5. The van der Waals surface area contributed by atoms with Gasteiger partial charge in [-0.05, 0) is 111 Å². The average molecular weight is 561 g/mol. The molecule has 3 aromatic rings. The third-order valence-corrected chi connectivity index (χ3v) is 7.99. The van der Waals surface area contributed by atoms with Crippen molar-refractivity contribution in [2.45, 2.75) is 57.3 Å². The standard InChI is InChI=1S/C31H36F4N2O3/c1-40-25-10-12-29-27(19-25)26(13-15-36-29)28(32)11-7-22-14-17-37(20-23(22)18-30(38)39)16-3-2-4-21-5-8-24(9-6-21)31(33,34)35/h5-6,8-10,12-13,15,19,22-23,28H,2-4,7,11,14,16-18,20H2,1H3,(H,38,39)/t22-,23+,28+/m1/s1. The highest BCUT2D eigenvalue weighted by molar-refractivity contribution is 5.83. The normalized spacial score (nSPS) is 19.0. The smallest absolute Gasteiger partial charge is 0.416 e. The van der Waals surface area contributed by atoms with Crippen molar-refractivity contribution in [3.63, 3.8) is 0 Å². The predicted molar refractivity (Wildman–Crippen MR) is 146 cm³/mol. The first-order chi connectivity index (χ1) is 19.1. The first-order valence-corrected chi connectivity index (χ1v) is 13.8. The van der Waals surface area contributed by atoms with Crippen LogP contribution in [0.2, 0.25) is 0 Å². The summed E-state index contributed by atoms with van der Waals surface area (Å²) in [5.74, 6) is -0.131. The van der Waals surface area contributed by atoms with Crippen LogP contribution in [-0.4, -0.2) is 47.7 Å². The number of ether oxygens (including phenoxy) is 1. The fourth-order valence-electron chi connectivity index (χ4n) is 5.78. The summed E-state index contributed by atoms with van der Waals surface area (Å²) in [5, 5.41) is 10.2. The van der Waals surface area contributed by atoms with E-state index in [1.54, 1.807) is 31.5 Å². The number of nitrogens with zero attached hydrogens (tertiary/aromatic N) is 2. The molecular formula is C31H36F4N2O3. The van der Waals surface area contributed by atoms with Gasteiger partial charge in [0.05, 0.1) is 18.2 Å². The lowest BCUT2D eigenvalue weighted by molar-refractivity contribution is -0.139. The van der Waals surface area contributed by atoms with Crippen molar-refractivity contribution in [3.8, 4) is 5.75 Å². The second kappa shape index (κ2) is 13.4. The van der Waals surface area contributed by atoms with Gasteiger partial charge >= 0.3 is 12.1 Å². The molecule has 4 rings (SSSR count). The summed E-state index contributed by atoms with van der Waals surface area (Å²) in [6.07, 6.45) is 0.280. The van der Waals surface area contributed by atoms with Gasteiger partial charge in [-0.2, -0.15) is 13.2 Å². The van der Waals surface area contributed by atoms with Crippen LogP contribution in [0.25, 0.3) is 10.9 Å². The van der Waals surface area contributed by atoms with Gasteiger partial charge in [0.15, 0.2) is 0 Å². The number of unbranched alkanes of at least 4 members (excludes halogenated alkanes) is 1. The lowest BCUT2D eigenvalue weighted by Gasteiger charge is -2.38. The average Bonchev–Trinajstić information content (AvgIpc) is 2.93. The van der Waals surface area contributed by atoms with Crippen molar-refractivity contribution in [1.82, 2.24) is 9.88 Å². The van der Waals surface area contributed by atoms with Crippen LogP contribution in [0.3, 0.4) is 0 Å². The molecule has 0 amide bonds. The van der Waals surface area contributed by atoms with E-state index in [2.05, 4.69) is 9.88 Å². The molecule has 0 saturated carbocycles. The van der Waals surface area contributed by atoms with E-state index < -0.39 is 23.9 Å². The molecule has 0 radical (unpaired) electrons. The molecular weight excluding hydrogens is 524 g/mol. The van der Waals surface area contributed by atoms with Crippen LogP contribution in [0.5, 0.6) is 5.75 Å². The Kier molecular flexibility index (Phi) is 10.0. The Balaban J connectivity index is 1.28. The van der Waals surface area contributed by atoms with Crippen molar-refractivity contribution >= 4 is 16.9 Å². The minimum atomic E-state index is -4.33. The van der Waals surface area contributed by atoms with Gasteiger partial charge < -0.3 is 14.7 Å². The summed E-state index contributed by atoms with van der Waals surface area (Å²) in [6, 6.07) is 12.4. The maximum Gasteiger partial charge on any atom is 0.416 e. The van der Waals surface area contributed by atoms with E-state index in [4.69, 9.17) is 4.74 Å². The number of aliphatic carboxylic acids is 1. The molecule has 9 heteroatoms. The largest absolute Gasteiger partial charge is 0.497 e. The summed E-state index contributed by atoms with van der Waals surface area (Å²) in [6.45, 7) is 2.29. The second-order valence-corrected chi connectivity index (χ2v) is 10.7. The molecule has 0 spiro atoms. The Morgan fingerprint density at radius 1 is 1.12 bits per heavy atom. The third-order valence-electron chi connectivity index (χ3n) is 7.99. The van der Waals surface area contributed by atoms with Gasteiger partial charge in [-0.25, -0.2) is 4.39 Å². The first kappa shape index (κ1) is 29.8. The van der Waals surface area contributed by atoms with Gasteiger partial charge in [0.1, 0.15) is 11.9 Å². The summed E-state index contributed by atoms with van der Waals surface area (Å²) in [4.78, 5) is 18.2. The van der Waals surface area contributed by atoms with Gasteiger partial charge in [0.25, 0.3) is 0 Å². The number of methoxy groups -OCH3 is 1. The summed E-state index contributed by atoms with van der Waals surface area (Å²) in [7, 11) is 1.57. The number of halogens is 4. The molecule has 5 nitrogen and oxygen atoms in total. The van der Waals surface area contributed by atoms with Crippen molar-refractivity contribution < 1.29 is 32.2 Å². The Labute approximate surface area is 232 Å². The summed E-state index contributed by atoms with van der Waals surface area (Å²) >= 11 is 0. The van der Waals surface area contributed by atoms with E-state index in [1.165, 1.54) is 12.1 Å². The molecule has 0 bridgehead atoms. The van der Waals surface area contributed by atoms with E-state index in [-0.39, 0.29) is 18.3 Å². The number of fused-ring (bicyclic) bond motifs is 1. The van der Waals surface area contributed by atoms with E-state index >= 15 is 4.39 Å². The van der Waals surface area contributed by atoms with E-state index in [9.17, 15) is 23.1 Å². The zero-order chi connectivity index (χ0) is 28.7. The molecule has 1 aliphatic heterocycles. The van der Waals surface area contributed by atoms with E-state index in [0.717, 1.165) is 55.4 Å². The molecule has 3 atom stereocenters. The lowest BCUT2D eigenvalue weighted by atomic mass is 9.79. The number of benzene rings is 2. The molecule has 1 aromatic heterocycles. The molecule has 2 heterocycles. The molecule has 0 unspecified atom stereocenters. The van der Waals surface area contributed by atoms with Crippen LogP contribution >= 0.6 is 0 Å². The summed E-state index contributed by atoms with van der Waals surface area (Å²) < 4.78 is 59.0. The van der Waals surface area contributed by atoms with Gasteiger partial charge in [-0.3, -0.25) is 9.78 Å². The Bertz CT molecular complexity index is 1270. The number of carboxylic acids is 1. The number of aromatic nitrogens is 1. The SMILES string of the molecule is COc1ccc2nccc([C@@H](F)CC[C@@H]3CCN(CCCCc4ccc(C(F)(F)F)cc4)C[C@@H]3CC(=O)O)c2c1. The molecule has 40 heavy (non-hydrogen) atoms. The van der Waals surface area contributed by atoms with Gasteiger partial charge in [0, 0.05) is 24.5 Å². The highest BCUT2D eigenvalue weighted by Gasteiger charge is 2.32. The molecule has 1 N–H and O–H groups in total. The first-order valence-electron chi connectivity index (χ1n) is 13.8. The molecule has 2 aromatic carbocycles. The van der Waals surface area contributed by atoms with Crippen LogP contribution in [0.4, 0.5) is 17.6 Å². The van der Waals surface area contributed by atoms with Crippen LogP contribution in [0.1, 0.15) is 61.4 Å². The van der Waals surface area contributed by atoms with E-state index in [0.29, 0.717) is 42.6 Å². The Morgan fingerprint density at radius 3 is 2.60 bits per heavy atom. The van der Waals surface area contributed by atoms with Crippen LogP contribution in [-0.2, 0) is 17.4 Å². The number of carbonyl (C=O) groups is 1. The molecule has 0 aliphatic carbocycles. The number of aryl methyl sites for hydroxylation is 1. The third kappa shape index (κ3) is 7.93. The lowest BCUT2D eigenvalue weighted by Crippen LogP contribution is -2.41. The van der Waals surface area contributed by atoms with Gasteiger partial charge in [-0.15, -0.1) is 0 Å². The number of piperidine rings is 1. The maximum atomic E-state index is 15.5. The highest BCUT2D eigenvalue weighted by atomic mass is 19.4. The molecule has 1 fully saturated rings. The van der Waals surface area contributed by atoms with Crippen molar-refractivity contribution in [2.75, 3.05) is 26.7 Å². The monoisotopic (exact) mass is 560 g/mol. The number of pyridine rings is 1. The van der Waals surface area contributed by atoms with Crippen molar-refractivity contribution in [3.05, 3.63) is 71.4 Å². The predicted octanol–water partition coefficient (Wildman–Crippen LogP) is 7.49. The molecule has 1 aliphatic rings. The van der Waals surface area contributed by atoms with Crippen LogP contribution < -0.4 is 4.74 Å². The fraction of sp³-hybridized carbons (Fsp3) is 0.484. The zero-order valence-electron chi connectivity index (χ0n) is 22.7. The Morgan fingerprint density at radius 2 is 1.90 bits per heavy atom. The molecule has 216 valence electrons. The van der Waals surface area contributed by atoms with E-state index in [1.807, 2.05) is 6.07 Å². The number of alkyl halides is 4. The fourth-order valence-corrected chi connectivity index (χ4v) is 5.78. The van der Waals surface area contributed by atoms with Gasteiger partial charge in [0.2, 0.25) is 0 Å². The van der Waals surface area contributed by atoms with Crippen molar-refractivity contribution in [2.24, 2.45) is 11.8 Å². The quantitative estimate of drug-likeness (QED) is 0.184. The number of rotatable bonds is 12. The van der Waals surface area contributed by atoms with Gasteiger partial charge in [-0.1, -0.05) is 12.1 Å². The second-order valence-electron chi connectivity index (χ2n) is 10.7. The molecule has 1 saturated heterocycles. The number of hydrogen-bond acceptors (Lipinski definition) is 4. The number of hydrogen-bond donors (Lipinski definition) is 1. The topological polar surface area (TPSA) is 62.7 Å². The zero-order valence-corrected chi connectivity index (χ0v) is 22.7. The number of carboxylic acid groups (broad SMARTS) is 1. The highest BCUT2D eigenvalue weighted by Crippen LogP contribution is 2.36. The van der Waals surface area contributed by atoms with Crippen LogP contribution in [0, 0.1) is 11.8 Å². The summed E-state index contributed by atoms with van der Waals surface area (Å²) in [5.41, 5.74) is 1.51. The minimum Gasteiger partial charge on any atom is -0.497 e. The Hall–Kier alpha value is -3.20.